The average molecular weight is 291 g/mol. The Bertz CT molecular complexity index is 440. The summed E-state index contributed by atoms with van der Waals surface area (Å²) in [6.07, 6.45) is 4.32. The van der Waals surface area contributed by atoms with E-state index in [2.05, 4.69) is 12.2 Å². The predicted octanol–water partition coefficient (Wildman–Crippen LogP) is 3.10. The second-order valence-electron chi connectivity index (χ2n) is 4.96. The molecule has 1 rings (SSSR count). The molecule has 1 N–H and O–H groups in total. The van der Waals surface area contributed by atoms with Crippen LogP contribution >= 0.6 is 0 Å². The first kappa shape index (κ1) is 17.2. The summed E-state index contributed by atoms with van der Waals surface area (Å²) in [5, 5.41) is 2.81. The van der Waals surface area contributed by atoms with Crippen molar-refractivity contribution in [3.8, 4) is 0 Å². The maximum absolute atomic E-state index is 11.9. The molecule has 0 saturated carbocycles. The van der Waals surface area contributed by atoms with E-state index in [0.29, 0.717) is 31.6 Å². The van der Waals surface area contributed by atoms with Crippen molar-refractivity contribution in [1.82, 2.24) is 5.32 Å². The monoisotopic (exact) mass is 291 g/mol. The van der Waals surface area contributed by atoms with Crippen LogP contribution in [-0.2, 0) is 16.0 Å². The number of carbonyl (C=O) groups excluding carboxylic acids is 2. The first-order valence-corrected chi connectivity index (χ1v) is 7.70. The number of nitrogens with one attached hydrogen (secondary N) is 1. The Hall–Kier alpha value is -1.84. The van der Waals surface area contributed by atoms with Crippen LogP contribution in [0.4, 0.5) is 0 Å². The van der Waals surface area contributed by atoms with Crippen LogP contribution in [0.5, 0.6) is 0 Å². The third-order valence-corrected chi connectivity index (χ3v) is 3.18. The molecule has 0 fully saturated rings. The molecule has 4 nitrogen and oxygen atoms in total. The number of amides is 1. The first-order chi connectivity index (χ1) is 10.2. The maximum atomic E-state index is 11.9. The molecule has 0 bridgehead atoms. The molecule has 0 atom stereocenters. The molecule has 21 heavy (non-hydrogen) atoms. The molecule has 1 amide bonds. The van der Waals surface area contributed by atoms with E-state index in [1.165, 1.54) is 18.4 Å². The van der Waals surface area contributed by atoms with Gasteiger partial charge >= 0.3 is 5.97 Å². The Kier molecular flexibility index (Phi) is 8.17. The predicted molar refractivity (Wildman–Crippen MR) is 83.3 cm³/mol. The molecule has 0 aliphatic rings. The summed E-state index contributed by atoms with van der Waals surface area (Å²) in [7, 11) is 0. The van der Waals surface area contributed by atoms with Crippen molar-refractivity contribution in [2.45, 2.75) is 46.0 Å². The lowest BCUT2D eigenvalue weighted by Gasteiger charge is -2.06. The summed E-state index contributed by atoms with van der Waals surface area (Å²) in [6, 6.07) is 7.71. The molecule has 0 aliphatic carbocycles. The van der Waals surface area contributed by atoms with Gasteiger partial charge in [0.15, 0.2) is 0 Å². The van der Waals surface area contributed by atoms with Crippen LogP contribution < -0.4 is 5.32 Å². The fraction of sp³-hybridized carbons (Fsp3) is 0.529. The van der Waals surface area contributed by atoms with Gasteiger partial charge in [0.05, 0.1) is 6.61 Å². The average Bonchev–Trinajstić information content (AvgIpc) is 2.50. The van der Waals surface area contributed by atoms with Gasteiger partial charge in [0.2, 0.25) is 0 Å². The van der Waals surface area contributed by atoms with Crippen LogP contribution in [0.2, 0.25) is 0 Å². The topological polar surface area (TPSA) is 55.4 Å². The van der Waals surface area contributed by atoms with Gasteiger partial charge in [0, 0.05) is 18.5 Å². The molecule has 4 heteroatoms. The molecule has 0 saturated heterocycles. The highest BCUT2D eigenvalue weighted by molar-refractivity contribution is 5.94. The summed E-state index contributed by atoms with van der Waals surface area (Å²) in [4.78, 5) is 23.1. The van der Waals surface area contributed by atoms with Crippen LogP contribution in [0.25, 0.3) is 0 Å². The Morgan fingerprint density at radius 2 is 1.81 bits per heavy atom. The largest absolute Gasteiger partial charge is 0.466 e. The summed E-state index contributed by atoms with van der Waals surface area (Å²) in [5.74, 6) is -0.312. The minimum absolute atomic E-state index is 0.0964. The molecule has 0 unspecified atom stereocenters. The third kappa shape index (κ3) is 6.93. The summed E-state index contributed by atoms with van der Waals surface area (Å²) in [6.45, 7) is 4.83. The fourth-order valence-corrected chi connectivity index (χ4v) is 1.97. The molecule has 1 aromatic rings. The van der Waals surface area contributed by atoms with Crippen LogP contribution in [-0.4, -0.2) is 25.0 Å². The molecule has 0 spiro atoms. The van der Waals surface area contributed by atoms with Gasteiger partial charge in [-0.25, -0.2) is 0 Å². The van der Waals surface area contributed by atoms with E-state index in [4.69, 9.17) is 4.74 Å². The summed E-state index contributed by atoms with van der Waals surface area (Å²) in [5.41, 5.74) is 1.92. The molecule has 116 valence electrons. The zero-order chi connectivity index (χ0) is 15.5. The molecule has 1 aromatic carbocycles. The van der Waals surface area contributed by atoms with Crippen LogP contribution in [0.15, 0.2) is 24.3 Å². The van der Waals surface area contributed by atoms with Gasteiger partial charge in [0.25, 0.3) is 5.91 Å². The highest BCUT2D eigenvalue weighted by atomic mass is 16.5. The summed E-state index contributed by atoms with van der Waals surface area (Å²) < 4.78 is 4.83. The summed E-state index contributed by atoms with van der Waals surface area (Å²) >= 11 is 0. The number of rotatable bonds is 9. The number of benzene rings is 1. The zero-order valence-electron chi connectivity index (χ0n) is 13.0. The smallest absolute Gasteiger partial charge is 0.305 e. The quantitative estimate of drug-likeness (QED) is 0.562. The second-order valence-corrected chi connectivity index (χ2v) is 4.96. The van der Waals surface area contributed by atoms with Crippen molar-refractivity contribution in [1.29, 1.82) is 0 Å². The maximum Gasteiger partial charge on any atom is 0.305 e. The lowest BCUT2D eigenvalue weighted by molar-refractivity contribution is -0.143. The third-order valence-electron chi connectivity index (χ3n) is 3.18. The number of unbranched alkanes of at least 4 members (excludes halogenated alkanes) is 1. The lowest BCUT2D eigenvalue weighted by atomic mass is 10.1. The van der Waals surface area contributed by atoms with Gasteiger partial charge in [-0.1, -0.05) is 25.5 Å². The Labute approximate surface area is 126 Å². The molecule has 0 radical (unpaired) electrons. The number of ether oxygens (including phenoxy) is 1. The molecule has 0 heterocycles. The van der Waals surface area contributed by atoms with Gasteiger partial charge in [-0.15, -0.1) is 0 Å². The first-order valence-electron chi connectivity index (χ1n) is 7.70. The highest BCUT2D eigenvalue weighted by Gasteiger charge is 2.06. The van der Waals surface area contributed by atoms with Gasteiger partial charge in [0.1, 0.15) is 0 Å². The zero-order valence-corrected chi connectivity index (χ0v) is 13.0. The number of hydrogen-bond donors (Lipinski definition) is 1. The fourth-order valence-electron chi connectivity index (χ4n) is 1.97. The van der Waals surface area contributed by atoms with Crippen LogP contribution in [0, 0.1) is 0 Å². The Balaban J connectivity index is 2.30. The van der Waals surface area contributed by atoms with Crippen LogP contribution in [0.1, 0.15) is 55.5 Å². The molecule has 0 aliphatic heterocycles. The van der Waals surface area contributed by atoms with Crippen LogP contribution in [0.3, 0.4) is 0 Å². The van der Waals surface area contributed by atoms with E-state index in [9.17, 15) is 9.59 Å². The lowest BCUT2D eigenvalue weighted by Crippen LogP contribution is -2.25. The van der Waals surface area contributed by atoms with Gasteiger partial charge in [-0.2, -0.15) is 0 Å². The van der Waals surface area contributed by atoms with Gasteiger partial charge in [-0.05, 0) is 43.9 Å². The van der Waals surface area contributed by atoms with E-state index in [1.807, 2.05) is 24.3 Å². The Morgan fingerprint density at radius 1 is 1.10 bits per heavy atom. The number of esters is 1. The van der Waals surface area contributed by atoms with E-state index in [0.717, 1.165) is 6.42 Å². The van der Waals surface area contributed by atoms with Crippen molar-refractivity contribution >= 4 is 11.9 Å². The van der Waals surface area contributed by atoms with E-state index < -0.39 is 0 Å². The normalized spacial score (nSPS) is 10.2. The van der Waals surface area contributed by atoms with Crippen molar-refractivity contribution < 1.29 is 14.3 Å². The second kappa shape index (κ2) is 9.97. The molecular formula is C17H25NO3. The van der Waals surface area contributed by atoms with E-state index in [-0.39, 0.29) is 11.9 Å². The van der Waals surface area contributed by atoms with Crippen molar-refractivity contribution in [2.75, 3.05) is 13.2 Å². The SMILES string of the molecule is CCCCc1ccc(C(=O)NCCCC(=O)OCC)cc1. The molecular weight excluding hydrogens is 266 g/mol. The van der Waals surface area contributed by atoms with Crippen molar-refractivity contribution in [3.63, 3.8) is 0 Å². The standard InChI is InChI=1S/C17H25NO3/c1-3-5-7-14-9-11-15(12-10-14)17(20)18-13-6-8-16(19)21-4-2/h9-12H,3-8,13H2,1-2H3,(H,18,20). The van der Waals surface area contributed by atoms with Gasteiger partial charge in [-0.3, -0.25) is 9.59 Å². The number of aryl methyl sites for hydroxylation is 1. The number of hydrogen-bond acceptors (Lipinski definition) is 3. The van der Waals surface area contributed by atoms with Crippen molar-refractivity contribution in [3.05, 3.63) is 35.4 Å². The minimum Gasteiger partial charge on any atom is -0.466 e. The number of carbonyl (C=O) groups is 2. The van der Waals surface area contributed by atoms with E-state index >= 15 is 0 Å². The van der Waals surface area contributed by atoms with E-state index in [1.54, 1.807) is 6.92 Å². The van der Waals surface area contributed by atoms with Gasteiger partial charge < -0.3 is 10.1 Å². The molecule has 0 aromatic heterocycles. The minimum atomic E-state index is -0.216. The highest BCUT2D eigenvalue weighted by Crippen LogP contribution is 2.08. The van der Waals surface area contributed by atoms with Crippen molar-refractivity contribution in [2.24, 2.45) is 0 Å². The Morgan fingerprint density at radius 3 is 2.43 bits per heavy atom.